The van der Waals surface area contributed by atoms with Crippen LogP contribution in [-0.2, 0) is 11.3 Å². The molecule has 76 valence electrons. The fourth-order valence-corrected chi connectivity index (χ4v) is 1.68. The molecule has 14 heavy (non-hydrogen) atoms. The number of anilines is 1. The highest BCUT2D eigenvalue weighted by molar-refractivity contribution is 5.84. The maximum absolute atomic E-state index is 11.5. The lowest BCUT2D eigenvalue weighted by atomic mass is 9.89. The second-order valence-corrected chi connectivity index (χ2v) is 3.91. The van der Waals surface area contributed by atoms with Crippen molar-refractivity contribution < 1.29 is 4.79 Å². The van der Waals surface area contributed by atoms with Crippen LogP contribution in [0.2, 0.25) is 0 Å². The third-order valence-corrected chi connectivity index (χ3v) is 2.58. The zero-order chi connectivity index (χ0) is 10.2. The molecule has 0 aromatic carbocycles. The third-order valence-electron chi connectivity index (χ3n) is 2.58. The number of carbonyl (C=O) groups is 1. The number of hydrogen-bond donors (Lipinski definition) is 2. The van der Waals surface area contributed by atoms with E-state index in [9.17, 15) is 4.79 Å². The van der Waals surface area contributed by atoms with E-state index in [0.29, 0.717) is 12.4 Å². The summed E-state index contributed by atoms with van der Waals surface area (Å²) in [4.78, 5) is 11.5. The molecule has 0 bridgehead atoms. The van der Waals surface area contributed by atoms with Crippen LogP contribution in [0.5, 0.6) is 0 Å². The quantitative estimate of drug-likeness (QED) is 0.659. The molecule has 1 aliphatic rings. The minimum atomic E-state index is -0.375. The first kappa shape index (κ1) is 8.98. The van der Waals surface area contributed by atoms with E-state index in [2.05, 4.69) is 15.6 Å². The summed E-state index contributed by atoms with van der Waals surface area (Å²) >= 11 is 0. The smallest absolute Gasteiger partial charge is 0.227 e. The van der Waals surface area contributed by atoms with E-state index in [-0.39, 0.29) is 11.3 Å². The Bertz CT molecular complexity index is 360. The van der Waals surface area contributed by atoms with Gasteiger partial charge in [0.05, 0.1) is 18.2 Å². The molecule has 3 N–H and O–H groups in total. The molecular formula is C8H13N5O. The van der Waals surface area contributed by atoms with Crippen molar-refractivity contribution in [1.82, 2.24) is 20.3 Å². The molecule has 1 fully saturated rings. The summed E-state index contributed by atoms with van der Waals surface area (Å²) in [7, 11) is 0. The summed E-state index contributed by atoms with van der Waals surface area (Å²) in [5.41, 5.74) is 5.06. The predicted octanol–water partition coefficient (Wildman–Crippen LogP) is -0.613. The number of nitrogen functional groups attached to an aromatic ring is 1. The highest BCUT2D eigenvalue weighted by atomic mass is 16.2. The van der Waals surface area contributed by atoms with Gasteiger partial charge in [-0.1, -0.05) is 5.21 Å². The van der Waals surface area contributed by atoms with Gasteiger partial charge in [-0.15, -0.1) is 5.10 Å². The molecule has 0 saturated carbocycles. The Balaban J connectivity index is 2.13. The van der Waals surface area contributed by atoms with Crippen LogP contribution in [0, 0.1) is 5.41 Å². The highest BCUT2D eigenvalue weighted by Crippen LogP contribution is 2.27. The van der Waals surface area contributed by atoms with E-state index < -0.39 is 0 Å². The third kappa shape index (κ3) is 1.43. The molecule has 6 heteroatoms. The molecule has 1 amide bonds. The van der Waals surface area contributed by atoms with Gasteiger partial charge in [-0.05, 0) is 13.3 Å². The Morgan fingerprint density at radius 1 is 1.79 bits per heavy atom. The van der Waals surface area contributed by atoms with E-state index in [0.717, 1.165) is 13.0 Å². The molecule has 1 aliphatic heterocycles. The van der Waals surface area contributed by atoms with E-state index in [1.165, 1.54) is 0 Å². The van der Waals surface area contributed by atoms with Gasteiger partial charge in [0.2, 0.25) is 5.91 Å². The Morgan fingerprint density at radius 2 is 2.57 bits per heavy atom. The first-order chi connectivity index (χ1) is 6.60. The SMILES string of the molecule is CC1(Cn2cc(N)nn2)CCNC1=O. The molecule has 2 heterocycles. The standard InChI is InChI=1S/C8H13N5O/c1-8(2-3-10-7(8)14)5-13-4-6(9)11-12-13/h4H,2-3,5,9H2,1H3,(H,10,14). The van der Waals surface area contributed by atoms with E-state index in [1.54, 1.807) is 10.9 Å². The molecular weight excluding hydrogens is 182 g/mol. The first-order valence-electron chi connectivity index (χ1n) is 4.54. The average molecular weight is 195 g/mol. The van der Waals surface area contributed by atoms with Crippen molar-refractivity contribution in [3.05, 3.63) is 6.20 Å². The monoisotopic (exact) mass is 195 g/mol. The molecule has 1 unspecified atom stereocenters. The van der Waals surface area contributed by atoms with Gasteiger partial charge >= 0.3 is 0 Å². The summed E-state index contributed by atoms with van der Waals surface area (Å²) in [6, 6.07) is 0. The van der Waals surface area contributed by atoms with Gasteiger partial charge in [-0.2, -0.15) is 0 Å². The molecule has 1 aromatic heterocycles. The van der Waals surface area contributed by atoms with Gasteiger partial charge in [-0.25, -0.2) is 4.68 Å². The Labute approximate surface area is 81.5 Å². The number of amides is 1. The van der Waals surface area contributed by atoms with Crippen LogP contribution in [0.1, 0.15) is 13.3 Å². The van der Waals surface area contributed by atoms with Crippen LogP contribution in [0.4, 0.5) is 5.82 Å². The van der Waals surface area contributed by atoms with Gasteiger partial charge in [0, 0.05) is 6.54 Å². The van der Waals surface area contributed by atoms with E-state index in [4.69, 9.17) is 5.73 Å². The van der Waals surface area contributed by atoms with Gasteiger partial charge in [0.1, 0.15) is 0 Å². The van der Waals surface area contributed by atoms with Crippen molar-refractivity contribution in [2.45, 2.75) is 19.9 Å². The number of nitrogens with zero attached hydrogens (tertiary/aromatic N) is 3. The minimum Gasteiger partial charge on any atom is -0.381 e. The van der Waals surface area contributed by atoms with Gasteiger partial charge < -0.3 is 11.1 Å². The van der Waals surface area contributed by atoms with Crippen LogP contribution < -0.4 is 11.1 Å². The second-order valence-electron chi connectivity index (χ2n) is 3.91. The largest absolute Gasteiger partial charge is 0.381 e. The fourth-order valence-electron chi connectivity index (χ4n) is 1.68. The average Bonchev–Trinajstić information content (AvgIpc) is 2.62. The number of rotatable bonds is 2. The molecule has 0 radical (unpaired) electrons. The lowest BCUT2D eigenvalue weighted by Crippen LogP contribution is -2.32. The first-order valence-corrected chi connectivity index (χ1v) is 4.54. The fraction of sp³-hybridized carbons (Fsp3) is 0.625. The number of hydrogen-bond acceptors (Lipinski definition) is 4. The Morgan fingerprint density at radius 3 is 3.07 bits per heavy atom. The van der Waals surface area contributed by atoms with Crippen molar-refractivity contribution >= 4 is 11.7 Å². The number of nitrogens with two attached hydrogens (primary N) is 1. The van der Waals surface area contributed by atoms with Crippen LogP contribution in [-0.4, -0.2) is 27.4 Å². The van der Waals surface area contributed by atoms with E-state index >= 15 is 0 Å². The van der Waals surface area contributed by atoms with Crippen molar-refractivity contribution in [2.75, 3.05) is 12.3 Å². The summed E-state index contributed by atoms with van der Waals surface area (Å²) in [5.74, 6) is 0.457. The zero-order valence-corrected chi connectivity index (χ0v) is 8.03. The van der Waals surface area contributed by atoms with Crippen molar-refractivity contribution in [3.8, 4) is 0 Å². The maximum Gasteiger partial charge on any atom is 0.227 e. The summed E-state index contributed by atoms with van der Waals surface area (Å²) in [5, 5.41) is 10.3. The summed E-state index contributed by atoms with van der Waals surface area (Å²) in [6.07, 6.45) is 2.46. The molecule has 1 saturated heterocycles. The lowest BCUT2D eigenvalue weighted by molar-refractivity contribution is -0.127. The van der Waals surface area contributed by atoms with Crippen LogP contribution in [0.15, 0.2) is 6.20 Å². The number of carbonyl (C=O) groups excluding carboxylic acids is 1. The summed E-state index contributed by atoms with van der Waals surface area (Å²) in [6.45, 7) is 3.19. The topological polar surface area (TPSA) is 85.8 Å². The van der Waals surface area contributed by atoms with Gasteiger partial charge in [0.25, 0.3) is 0 Å². The Kier molecular flexibility index (Phi) is 1.90. The highest BCUT2D eigenvalue weighted by Gasteiger charge is 2.38. The van der Waals surface area contributed by atoms with Crippen molar-refractivity contribution in [1.29, 1.82) is 0 Å². The second kappa shape index (κ2) is 2.97. The summed E-state index contributed by atoms with van der Waals surface area (Å²) < 4.78 is 1.61. The molecule has 2 rings (SSSR count). The molecule has 6 nitrogen and oxygen atoms in total. The predicted molar refractivity (Wildman–Crippen MR) is 50.2 cm³/mol. The molecule has 1 aromatic rings. The number of nitrogens with one attached hydrogen (secondary N) is 1. The van der Waals surface area contributed by atoms with Gasteiger partial charge in [0.15, 0.2) is 5.82 Å². The van der Waals surface area contributed by atoms with Crippen LogP contribution >= 0.6 is 0 Å². The van der Waals surface area contributed by atoms with E-state index in [1.807, 2.05) is 6.92 Å². The van der Waals surface area contributed by atoms with Crippen molar-refractivity contribution in [3.63, 3.8) is 0 Å². The van der Waals surface area contributed by atoms with Crippen molar-refractivity contribution in [2.24, 2.45) is 5.41 Å². The normalized spacial score (nSPS) is 26.5. The lowest BCUT2D eigenvalue weighted by Gasteiger charge is -2.19. The van der Waals surface area contributed by atoms with Gasteiger partial charge in [-0.3, -0.25) is 4.79 Å². The molecule has 0 spiro atoms. The zero-order valence-electron chi connectivity index (χ0n) is 8.03. The maximum atomic E-state index is 11.5. The number of aromatic nitrogens is 3. The molecule has 0 aliphatic carbocycles. The Hall–Kier alpha value is -1.59. The molecule has 1 atom stereocenters. The van der Waals surface area contributed by atoms with Crippen LogP contribution in [0.25, 0.3) is 0 Å². The van der Waals surface area contributed by atoms with Crippen LogP contribution in [0.3, 0.4) is 0 Å². The minimum absolute atomic E-state index is 0.0755.